The third-order valence-corrected chi connectivity index (χ3v) is 6.07. The molecule has 6 nitrogen and oxygen atoms in total. The molecule has 172 valence electrons. The Labute approximate surface area is 211 Å². The summed E-state index contributed by atoms with van der Waals surface area (Å²) in [5.74, 6) is -0.383. The first kappa shape index (κ1) is 22.8. The van der Waals surface area contributed by atoms with Gasteiger partial charge >= 0.3 is 0 Å². The Balaban J connectivity index is 1.62. The third-order valence-electron chi connectivity index (χ3n) is 5.47. The largest absolute Gasteiger partial charge is 0.272 e. The van der Waals surface area contributed by atoms with Gasteiger partial charge in [-0.2, -0.15) is 10.2 Å². The molecule has 0 atom stereocenters. The fourth-order valence-corrected chi connectivity index (χ4v) is 4.10. The number of benzene rings is 3. The van der Waals surface area contributed by atoms with Crippen molar-refractivity contribution < 1.29 is 4.79 Å². The van der Waals surface area contributed by atoms with Gasteiger partial charge in [0.15, 0.2) is 5.65 Å². The number of aromatic nitrogens is 3. The summed E-state index contributed by atoms with van der Waals surface area (Å²) in [5.41, 5.74) is 7.26. The molecule has 1 amide bonds. The van der Waals surface area contributed by atoms with E-state index in [4.69, 9.17) is 28.2 Å². The van der Waals surface area contributed by atoms with E-state index in [1.807, 2.05) is 67.6 Å². The molecule has 2 heterocycles. The van der Waals surface area contributed by atoms with Crippen LogP contribution in [0.4, 0.5) is 0 Å². The normalized spacial score (nSPS) is 11.3. The van der Waals surface area contributed by atoms with Crippen molar-refractivity contribution in [2.75, 3.05) is 0 Å². The lowest BCUT2D eigenvalue weighted by molar-refractivity contribution is 0.0956. The number of hydrogen-bond acceptors (Lipinski definition) is 4. The van der Waals surface area contributed by atoms with Gasteiger partial charge in [0, 0.05) is 21.2 Å². The molecule has 0 aliphatic rings. The molecular weight excluding hydrogens is 481 g/mol. The van der Waals surface area contributed by atoms with E-state index in [0.717, 1.165) is 11.3 Å². The smallest absolute Gasteiger partial charge is 0.267 e. The van der Waals surface area contributed by atoms with Crippen molar-refractivity contribution in [3.8, 4) is 16.9 Å². The lowest BCUT2D eigenvalue weighted by Crippen LogP contribution is -2.18. The Morgan fingerprint density at radius 3 is 2.43 bits per heavy atom. The summed E-state index contributed by atoms with van der Waals surface area (Å²) in [4.78, 5) is 18.2. The molecule has 0 aliphatic carbocycles. The summed E-state index contributed by atoms with van der Waals surface area (Å²) < 4.78 is 1.74. The molecule has 2 aromatic heterocycles. The highest BCUT2D eigenvalue weighted by atomic mass is 35.5. The molecule has 0 aliphatic heterocycles. The first-order valence-electron chi connectivity index (χ1n) is 10.8. The topological polar surface area (TPSA) is 72.2 Å². The Kier molecular flexibility index (Phi) is 6.31. The van der Waals surface area contributed by atoms with E-state index in [0.29, 0.717) is 43.6 Å². The van der Waals surface area contributed by atoms with Crippen LogP contribution in [-0.4, -0.2) is 26.9 Å². The van der Waals surface area contributed by atoms with Crippen molar-refractivity contribution in [1.29, 1.82) is 0 Å². The highest BCUT2D eigenvalue weighted by Gasteiger charge is 2.21. The summed E-state index contributed by atoms with van der Waals surface area (Å²) in [6, 6.07) is 26.0. The number of aryl methyl sites for hydroxylation is 1. The molecule has 3 aromatic carbocycles. The number of para-hydroxylation sites is 1. The van der Waals surface area contributed by atoms with Gasteiger partial charge < -0.3 is 0 Å². The molecule has 0 fully saturated rings. The van der Waals surface area contributed by atoms with E-state index in [1.165, 1.54) is 6.21 Å². The maximum atomic E-state index is 13.3. The molecule has 0 unspecified atom stereocenters. The molecule has 5 rings (SSSR count). The average molecular weight is 500 g/mol. The van der Waals surface area contributed by atoms with Gasteiger partial charge in [-0.15, -0.1) is 0 Å². The van der Waals surface area contributed by atoms with Gasteiger partial charge in [-0.1, -0.05) is 71.7 Å². The zero-order valence-corrected chi connectivity index (χ0v) is 20.1. The number of rotatable bonds is 5. The Hall–Kier alpha value is -4.00. The number of hydrazone groups is 1. The second kappa shape index (κ2) is 9.70. The number of carbonyl (C=O) groups excluding carboxylic acids is 1. The second-order valence-corrected chi connectivity index (χ2v) is 8.66. The van der Waals surface area contributed by atoms with Crippen molar-refractivity contribution in [2.45, 2.75) is 6.92 Å². The predicted molar refractivity (Wildman–Crippen MR) is 141 cm³/mol. The maximum absolute atomic E-state index is 13.3. The van der Waals surface area contributed by atoms with Crippen LogP contribution in [0, 0.1) is 6.92 Å². The van der Waals surface area contributed by atoms with Crippen LogP contribution in [0.2, 0.25) is 10.0 Å². The van der Waals surface area contributed by atoms with Gasteiger partial charge in [0.25, 0.3) is 5.91 Å². The first-order chi connectivity index (χ1) is 17.0. The summed E-state index contributed by atoms with van der Waals surface area (Å²) in [7, 11) is 0. The SMILES string of the molecule is Cc1nn(-c2ccccc2)c2nc(-c3ccc(Cl)cc3)cc(C(=O)NN=Cc3ccccc3Cl)c12. The van der Waals surface area contributed by atoms with E-state index < -0.39 is 0 Å². The number of carbonyl (C=O) groups is 1. The van der Waals surface area contributed by atoms with Crippen molar-refractivity contribution in [1.82, 2.24) is 20.2 Å². The van der Waals surface area contributed by atoms with Crippen molar-refractivity contribution in [3.05, 3.63) is 112 Å². The highest BCUT2D eigenvalue weighted by molar-refractivity contribution is 6.33. The van der Waals surface area contributed by atoms with Crippen LogP contribution in [-0.2, 0) is 0 Å². The van der Waals surface area contributed by atoms with Gasteiger partial charge in [0.05, 0.1) is 34.2 Å². The van der Waals surface area contributed by atoms with Crippen LogP contribution < -0.4 is 5.43 Å². The summed E-state index contributed by atoms with van der Waals surface area (Å²) >= 11 is 12.3. The highest BCUT2D eigenvalue weighted by Crippen LogP contribution is 2.29. The van der Waals surface area contributed by atoms with Gasteiger partial charge in [-0.05, 0) is 43.3 Å². The minimum atomic E-state index is -0.383. The third kappa shape index (κ3) is 4.67. The molecule has 35 heavy (non-hydrogen) atoms. The van der Waals surface area contributed by atoms with Crippen LogP contribution in [0.15, 0.2) is 90.0 Å². The number of nitrogens with one attached hydrogen (secondary N) is 1. The Morgan fingerprint density at radius 2 is 1.69 bits per heavy atom. The summed E-state index contributed by atoms with van der Waals surface area (Å²) in [5, 5.41) is 10.6. The Morgan fingerprint density at radius 1 is 0.971 bits per heavy atom. The van der Waals surface area contributed by atoms with Crippen molar-refractivity contribution >= 4 is 46.4 Å². The molecule has 0 bridgehead atoms. The van der Waals surface area contributed by atoms with Crippen LogP contribution in [0.5, 0.6) is 0 Å². The second-order valence-electron chi connectivity index (χ2n) is 7.81. The number of halogens is 2. The van der Waals surface area contributed by atoms with E-state index in [-0.39, 0.29) is 5.91 Å². The molecule has 0 saturated heterocycles. The quantitative estimate of drug-likeness (QED) is 0.222. The van der Waals surface area contributed by atoms with E-state index in [1.54, 1.807) is 28.9 Å². The van der Waals surface area contributed by atoms with Gasteiger partial charge in [0.2, 0.25) is 0 Å². The maximum Gasteiger partial charge on any atom is 0.272 e. The minimum absolute atomic E-state index is 0.383. The van der Waals surface area contributed by atoms with Gasteiger partial charge in [-0.3, -0.25) is 4.79 Å². The van der Waals surface area contributed by atoms with Gasteiger partial charge in [0.1, 0.15) is 0 Å². The molecule has 1 N–H and O–H groups in total. The lowest BCUT2D eigenvalue weighted by atomic mass is 10.1. The Bertz CT molecular complexity index is 1560. The molecule has 0 saturated carbocycles. The standard InChI is InChI=1S/C27H19Cl2N5O/c1-17-25-22(27(35)32-30-16-19-7-5-6-10-23(19)29)15-24(18-11-13-20(28)14-12-18)31-26(25)34(33-17)21-8-3-2-4-9-21/h2-16H,1H3,(H,32,35). The van der Waals surface area contributed by atoms with E-state index in [2.05, 4.69) is 15.6 Å². The lowest BCUT2D eigenvalue weighted by Gasteiger charge is -2.09. The predicted octanol–water partition coefficient (Wildman–Crippen LogP) is 6.47. The zero-order valence-electron chi connectivity index (χ0n) is 18.6. The van der Waals surface area contributed by atoms with Crippen LogP contribution >= 0.6 is 23.2 Å². The molecule has 5 aromatic rings. The first-order valence-corrected chi connectivity index (χ1v) is 11.6. The fourth-order valence-electron chi connectivity index (χ4n) is 3.79. The van der Waals surface area contributed by atoms with Crippen LogP contribution in [0.1, 0.15) is 21.6 Å². The van der Waals surface area contributed by atoms with Gasteiger partial charge in [-0.25, -0.2) is 15.1 Å². The molecule has 0 spiro atoms. The van der Waals surface area contributed by atoms with Crippen molar-refractivity contribution in [2.24, 2.45) is 5.10 Å². The van der Waals surface area contributed by atoms with E-state index in [9.17, 15) is 4.79 Å². The van der Waals surface area contributed by atoms with Crippen LogP contribution in [0.3, 0.4) is 0 Å². The van der Waals surface area contributed by atoms with Crippen molar-refractivity contribution in [3.63, 3.8) is 0 Å². The van der Waals surface area contributed by atoms with E-state index >= 15 is 0 Å². The molecule has 8 heteroatoms. The minimum Gasteiger partial charge on any atom is -0.267 e. The van der Waals surface area contributed by atoms with Crippen LogP contribution in [0.25, 0.3) is 28.0 Å². The number of nitrogens with zero attached hydrogens (tertiary/aromatic N) is 4. The number of fused-ring (bicyclic) bond motifs is 1. The fraction of sp³-hybridized carbons (Fsp3) is 0.0370. The molecular formula is C27H19Cl2N5O. The number of hydrogen-bond donors (Lipinski definition) is 1. The number of pyridine rings is 1. The zero-order chi connectivity index (χ0) is 24.4. The monoisotopic (exact) mass is 499 g/mol. The number of amides is 1. The average Bonchev–Trinajstić information content (AvgIpc) is 3.22. The molecule has 0 radical (unpaired) electrons. The summed E-state index contributed by atoms with van der Waals surface area (Å²) in [6.45, 7) is 1.86. The summed E-state index contributed by atoms with van der Waals surface area (Å²) in [6.07, 6.45) is 1.51.